The summed E-state index contributed by atoms with van der Waals surface area (Å²) >= 11 is 12.2. The largest absolute Gasteiger partial charge is 0.490 e. The third-order valence-corrected chi connectivity index (χ3v) is 4.83. The first-order valence-corrected chi connectivity index (χ1v) is 10.8. The van der Waals surface area contributed by atoms with Crippen LogP contribution >= 0.6 is 23.2 Å². The lowest BCUT2D eigenvalue weighted by atomic mass is 10.2. The summed E-state index contributed by atoms with van der Waals surface area (Å²) in [4.78, 5) is 24.3. The highest BCUT2D eigenvalue weighted by Gasteiger charge is 2.14. The van der Waals surface area contributed by atoms with Gasteiger partial charge in [0.05, 0.1) is 17.8 Å². The molecule has 0 spiro atoms. The Labute approximate surface area is 205 Å². The number of nitrogens with zero attached hydrogens (tertiary/aromatic N) is 1. The summed E-state index contributed by atoms with van der Waals surface area (Å²) in [6, 6.07) is 14.9. The second-order valence-corrected chi connectivity index (χ2v) is 7.66. The van der Waals surface area contributed by atoms with Gasteiger partial charge in [-0.05, 0) is 73.2 Å². The van der Waals surface area contributed by atoms with Crippen molar-refractivity contribution in [2.24, 2.45) is 5.10 Å². The van der Waals surface area contributed by atoms with E-state index in [2.05, 4.69) is 15.8 Å². The van der Waals surface area contributed by atoms with Crippen LogP contribution in [0.25, 0.3) is 0 Å². The zero-order valence-corrected chi connectivity index (χ0v) is 19.5. The quantitative estimate of drug-likeness (QED) is 0.305. The highest BCUT2D eigenvalue weighted by molar-refractivity contribution is 6.32. The van der Waals surface area contributed by atoms with Crippen molar-refractivity contribution in [2.45, 2.75) is 6.92 Å². The molecule has 3 rings (SSSR count). The van der Waals surface area contributed by atoms with Crippen LogP contribution in [-0.4, -0.2) is 31.2 Å². The molecule has 176 valence electrons. The van der Waals surface area contributed by atoms with E-state index in [-0.39, 0.29) is 17.4 Å². The maximum atomic E-state index is 13.0. The Morgan fingerprint density at radius 3 is 2.41 bits per heavy atom. The van der Waals surface area contributed by atoms with Gasteiger partial charge in [-0.2, -0.15) is 5.10 Å². The van der Waals surface area contributed by atoms with Gasteiger partial charge in [-0.25, -0.2) is 9.82 Å². The van der Waals surface area contributed by atoms with Gasteiger partial charge in [-0.3, -0.25) is 9.59 Å². The molecule has 0 bridgehead atoms. The maximum Gasteiger partial charge on any atom is 0.271 e. The lowest BCUT2D eigenvalue weighted by molar-refractivity contribution is -0.118. The molecule has 0 saturated heterocycles. The SMILES string of the molecule is CCOc1cc(/C=N\NC(=O)c2ccc(Cl)cc2)cc(Cl)c1OCC(=O)Nc1ccc(F)cc1. The molecule has 0 unspecified atom stereocenters. The number of benzene rings is 3. The zero-order valence-electron chi connectivity index (χ0n) is 18.0. The monoisotopic (exact) mass is 503 g/mol. The molecule has 0 fully saturated rings. The minimum Gasteiger partial charge on any atom is -0.490 e. The summed E-state index contributed by atoms with van der Waals surface area (Å²) < 4.78 is 24.2. The van der Waals surface area contributed by atoms with E-state index in [1.54, 1.807) is 43.3 Å². The first-order valence-electron chi connectivity index (χ1n) is 10.1. The van der Waals surface area contributed by atoms with E-state index >= 15 is 0 Å². The maximum absolute atomic E-state index is 13.0. The molecule has 0 radical (unpaired) electrons. The van der Waals surface area contributed by atoms with E-state index in [0.717, 1.165) is 0 Å². The first kappa shape index (κ1) is 25.0. The number of hydrogen-bond acceptors (Lipinski definition) is 5. The van der Waals surface area contributed by atoms with Gasteiger partial charge < -0.3 is 14.8 Å². The van der Waals surface area contributed by atoms with Gasteiger partial charge in [0.1, 0.15) is 5.82 Å². The van der Waals surface area contributed by atoms with Gasteiger partial charge in [-0.15, -0.1) is 0 Å². The molecule has 0 saturated carbocycles. The van der Waals surface area contributed by atoms with Gasteiger partial charge in [-0.1, -0.05) is 23.2 Å². The molecule has 10 heteroatoms. The van der Waals surface area contributed by atoms with Crippen LogP contribution in [-0.2, 0) is 4.79 Å². The summed E-state index contributed by atoms with van der Waals surface area (Å²) in [5.74, 6) is -0.789. The second-order valence-electron chi connectivity index (χ2n) is 6.81. The van der Waals surface area contributed by atoms with E-state index < -0.39 is 17.6 Å². The van der Waals surface area contributed by atoms with Crippen molar-refractivity contribution in [3.63, 3.8) is 0 Å². The fraction of sp³-hybridized carbons (Fsp3) is 0.125. The number of rotatable bonds is 9. The minimum atomic E-state index is -0.458. The van der Waals surface area contributed by atoms with E-state index in [0.29, 0.717) is 34.2 Å². The van der Waals surface area contributed by atoms with Crippen LogP contribution in [0.2, 0.25) is 10.0 Å². The summed E-state index contributed by atoms with van der Waals surface area (Å²) in [5, 5.41) is 7.24. The molecule has 0 aromatic heterocycles. The van der Waals surface area contributed by atoms with Crippen molar-refractivity contribution in [2.75, 3.05) is 18.5 Å². The predicted molar refractivity (Wildman–Crippen MR) is 130 cm³/mol. The fourth-order valence-electron chi connectivity index (χ4n) is 2.76. The molecular weight excluding hydrogens is 484 g/mol. The third kappa shape index (κ3) is 7.19. The van der Waals surface area contributed by atoms with E-state index in [4.69, 9.17) is 32.7 Å². The number of carbonyl (C=O) groups excluding carboxylic acids is 2. The summed E-state index contributed by atoms with van der Waals surface area (Å²) in [6.45, 7) is 1.76. The van der Waals surface area contributed by atoms with Crippen molar-refractivity contribution in [1.29, 1.82) is 0 Å². The summed E-state index contributed by atoms with van der Waals surface area (Å²) in [7, 11) is 0. The van der Waals surface area contributed by atoms with Crippen LogP contribution in [0.1, 0.15) is 22.8 Å². The Morgan fingerprint density at radius 2 is 1.74 bits per heavy atom. The number of carbonyl (C=O) groups is 2. The van der Waals surface area contributed by atoms with Crippen molar-refractivity contribution in [1.82, 2.24) is 5.43 Å². The average Bonchev–Trinajstić information content (AvgIpc) is 2.80. The second kappa shape index (κ2) is 12.0. The van der Waals surface area contributed by atoms with Gasteiger partial charge in [0, 0.05) is 16.3 Å². The lowest BCUT2D eigenvalue weighted by Crippen LogP contribution is -2.20. The topological polar surface area (TPSA) is 89.0 Å². The van der Waals surface area contributed by atoms with Crippen molar-refractivity contribution in [3.8, 4) is 11.5 Å². The Morgan fingerprint density at radius 1 is 1.03 bits per heavy atom. The van der Waals surface area contributed by atoms with Crippen LogP contribution in [0.5, 0.6) is 11.5 Å². The zero-order chi connectivity index (χ0) is 24.5. The summed E-state index contributed by atoms with van der Waals surface area (Å²) in [5.41, 5.74) is 3.78. The molecule has 3 aromatic rings. The molecule has 2 amide bonds. The Balaban J connectivity index is 1.65. The standard InChI is InChI=1S/C24H20Cl2FN3O4/c1-2-33-21-12-15(13-28-30-24(32)16-3-5-17(25)6-4-16)11-20(26)23(21)34-14-22(31)29-19-9-7-18(27)8-10-19/h3-13H,2,14H2,1H3,(H,29,31)(H,30,32)/b28-13-. The van der Waals surface area contributed by atoms with Gasteiger partial charge in [0.25, 0.3) is 11.8 Å². The van der Waals surface area contributed by atoms with Crippen LogP contribution in [0.4, 0.5) is 10.1 Å². The van der Waals surface area contributed by atoms with Gasteiger partial charge in [0.15, 0.2) is 18.1 Å². The predicted octanol–water partition coefficient (Wildman–Crippen LogP) is 5.31. The van der Waals surface area contributed by atoms with E-state index in [1.165, 1.54) is 30.5 Å². The number of amides is 2. The molecule has 0 aliphatic heterocycles. The molecule has 7 nitrogen and oxygen atoms in total. The van der Waals surface area contributed by atoms with Crippen LogP contribution < -0.4 is 20.2 Å². The molecule has 0 aliphatic rings. The number of hydrazone groups is 1. The molecule has 34 heavy (non-hydrogen) atoms. The first-order chi connectivity index (χ1) is 16.4. The van der Waals surface area contributed by atoms with Crippen LogP contribution in [0, 0.1) is 5.82 Å². The van der Waals surface area contributed by atoms with Crippen molar-refractivity contribution >= 4 is 46.9 Å². The van der Waals surface area contributed by atoms with Gasteiger partial charge >= 0.3 is 0 Å². The highest BCUT2D eigenvalue weighted by atomic mass is 35.5. The van der Waals surface area contributed by atoms with Crippen LogP contribution in [0.15, 0.2) is 65.8 Å². The van der Waals surface area contributed by atoms with E-state index in [1.807, 2.05) is 0 Å². The molecular formula is C24H20Cl2FN3O4. The Hall–Kier alpha value is -3.62. The normalized spacial score (nSPS) is 10.7. The van der Waals surface area contributed by atoms with Gasteiger partial charge in [0.2, 0.25) is 0 Å². The van der Waals surface area contributed by atoms with Crippen LogP contribution in [0.3, 0.4) is 0 Å². The number of ether oxygens (including phenoxy) is 2. The lowest BCUT2D eigenvalue weighted by Gasteiger charge is -2.14. The smallest absolute Gasteiger partial charge is 0.271 e. The molecule has 0 heterocycles. The number of anilines is 1. The minimum absolute atomic E-state index is 0.181. The molecule has 0 atom stereocenters. The number of halogens is 3. The molecule has 3 aromatic carbocycles. The number of nitrogens with one attached hydrogen (secondary N) is 2. The Bertz CT molecular complexity index is 1190. The highest BCUT2D eigenvalue weighted by Crippen LogP contribution is 2.36. The van der Waals surface area contributed by atoms with E-state index in [9.17, 15) is 14.0 Å². The average molecular weight is 504 g/mol. The summed E-state index contributed by atoms with van der Waals surface area (Å²) in [6.07, 6.45) is 1.40. The fourth-order valence-corrected chi connectivity index (χ4v) is 3.16. The third-order valence-electron chi connectivity index (χ3n) is 4.29. The molecule has 2 N–H and O–H groups in total. The Kier molecular flexibility index (Phi) is 8.84. The van der Waals surface area contributed by atoms with Crippen molar-refractivity contribution in [3.05, 3.63) is 87.7 Å². The molecule has 0 aliphatic carbocycles. The number of hydrogen-bond donors (Lipinski definition) is 2. The van der Waals surface area contributed by atoms with Crippen molar-refractivity contribution < 1.29 is 23.5 Å².